The zero-order valence-electron chi connectivity index (χ0n) is 13.5. The van der Waals surface area contributed by atoms with Crippen molar-refractivity contribution in [2.75, 3.05) is 6.61 Å². The second kappa shape index (κ2) is 5.97. The molecule has 3 aliphatic heterocycles. The number of benzene rings is 2. The highest BCUT2D eigenvalue weighted by molar-refractivity contribution is 5.21. The normalized spacial score (nSPS) is 36.3. The quantitative estimate of drug-likeness (QED) is 0.792. The second-order valence-corrected chi connectivity index (χ2v) is 6.78. The molecule has 0 aromatic heterocycles. The topological polar surface area (TPSA) is 30.7 Å². The SMILES string of the molecule is c1ccc(CO[C@H]2[C@@H]3[C@H]([C@@H]4OC[C@H]2O4)N3Cc2ccccc2)cc1. The van der Waals surface area contributed by atoms with Crippen LogP contribution in [-0.4, -0.2) is 42.1 Å². The van der Waals surface area contributed by atoms with Crippen molar-refractivity contribution < 1.29 is 14.2 Å². The highest BCUT2D eigenvalue weighted by Gasteiger charge is 2.65. The van der Waals surface area contributed by atoms with E-state index in [4.69, 9.17) is 14.2 Å². The van der Waals surface area contributed by atoms with E-state index in [1.165, 1.54) is 11.1 Å². The van der Waals surface area contributed by atoms with Crippen LogP contribution in [0.4, 0.5) is 0 Å². The van der Waals surface area contributed by atoms with Crippen LogP contribution in [0.5, 0.6) is 0 Å². The van der Waals surface area contributed by atoms with Crippen LogP contribution in [0.25, 0.3) is 0 Å². The molecule has 3 fully saturated rings. The van der Waals surface area contributed by atoms with Crippen LogP contribution in [0.3, 0.4) is 0 Å². The molecular weight excluding hydrogens is 302 g/mol. The number of hydrogen-bond acceptors (Lipinski definition) is 4. The highest BCUT2D eigenvalue weighted by Crippen LogP contribution is 2.46. The van der Waals surface area contributed by atoms with Gasteiger partial charge in [0.05, 0.1) is 25.3 Å². The Hall–Kier alpha value is -1.72. The van der Waals surface area contributed by atoms with Crippen molar-refractivity contribution in [1.82, 2.24) is 4.90 Å². The Labute approximate surface area is 141 Å². The van der Waals surface area contributed by atoms with Gasteiger partial charge < -0.3 is 14.2 Å². The molecule has 2 bridgehead atoms. The van der Waals surface area contributed by atoms with Gasteiger partial charge in [-0.25, -0.2) is 0 Å². The van der Waals surface area contributed by atoms with Crippen LogP contribution in [0.2, 0.25) is 0 Å². The predicted octanol–water partition coefficient (Wildman–Crippen LogP) is 2.58. The Morgan fingerprint density at radius 2 is 1.62 bits per heavy atom. The number of ether oxygens (including phenoxy) is 3. The van der Waals surface area contributed by atoms with E-state index in [9.17, 15) is 0 Å². The fraction of sp³-hybridized carbons (Fsp3) is 0.400. The van der Waals surface area contributed by atoms with Gasteiger partial charge in [-0.05, 0) is 11.1 Å². The molecule has 2 aromatic rings. The van der Waals surface area contributed by atoms with Gasteiger partial charge in [0.2, 0.25) is 0 Å². The predicted molar refractivity (Wildman–Crippen MR) is 89.2 cm³/mol. The van der Waals surface area contributed by atoms with Crippen LogP contribution >= 0.6 is 0 Å². The Kier molecular flexibility index (Phi) is 3.64. The summed E-state index contributed by atoms with van der Waals surface area (Å²) in [6.07, 6.45) is 0.0543. The van der Waals surface area contributed by atoms with Crippen LogP contribution in [0, 0.1) is 0 Å². The average molecular weight is 323 g/mol. The third kappa shape index (κ3) is 2.56. The Bertz CT molecular complexity index is 693. The Morgan fingerprint density at radius 3 is 2.38 bits per heavy atom. The largest absolute Gasteiger partial charge is 0.369 e. The zero-order chi connectivity index (χ0) is 15.9. The van der Waals surface area contributed by atoms with Gasteiger partial charge in [0.15, 0.2) is 6.29 Å². The number of fused-ring (bicyclic) bond motifs is 4. The molecule has 124 valence electrons. The average Bonchev–Trinajstić information content (AvgIpc) is 3.18. The van der Waals surface area contributed by atoms with E-state index in [0.717, 1.165) is 6.54 Å². The molecule has 24 heavy (non-hydrogen) atoms. The minimum Gasteiger partial charge on any atom is -0.369 e. The summed E-state index contributed by atoms with van der Waals surface area (Å²) in [5, 5.41) is 0. The number of nitrogens with zero attached hydrogens (tertiary/aromatic N) is 1. The van der Waals surface area contributed by atoms with Crippen LogP contribution < -0.4 is 0 Å². The van der Waals surface area contributed by atoms with Crippen molar-refractivity contribution in [2.45, 2.75) is 43.7 Å². The molecule has 2 aromatic carbocycles. The third-order valence-electron chi connectivity index (χ3n) is 5.23. The molecule has 0 radical (unpaired) electrons. The maximum absolute atomic E-state index is 6.27. The first-order valence-electron chi connectivity index (χ1n) is 8.62. The molecular formula is C20H21NO3. The zero-order valence-corrected chi connectivity index (χ0v) is 13.5. The molecule has 3 saturated heterocycles. The molecule has 5 rings (SSSR count). The standard InChI is InChI=1S/C20H21NO3/c1-3-7-14(8-4-1)11-21-17-18(21)20-23-13-16(24-20)19(17)22-12-15-9-5-2-6-10-15/h1-10,16-20H,11-13H2/t16-,17+,18-,19-,20-,21?/m1/s1. The van der Waals surface area contributed by atoms with Crippen LogP contribution in [0.15, 0.2) is 60.7 Å². The van der Waals surface area contributed by atoms with Gasteiger partial charge in [-0.1, -0.05) is 60.7 Å². The van der Waals surface area contributed by atoms with E-state index in [1.807, 2.05) is 18.2 Å². The first-order valence-corrected chi connectivity index (χ1v) is 8.62. The summed E-state index contributed by atoms with van der Waals surface area (Å²) in [5.74, 6) is 0. The fourth-order valence-corrected chi connectivity index (χ4v) is 4.01. The highest BCUT2D eigenvalue weighted by atomic mass is 16.7. The molecule has 6 atom stereocenters. The molecule has 0 spiro atoms. The fourth-order valence-electron chi connectivity index (χ4n) is 4.01. The molecule has 0 amide bonds. The molecule has 1 unspecified atom stereocenters. The maximum Gasteiger partial charge on any atom is 0.175 e. The summed E-state index contributed by atoms with van der Waals surface area (Å²) >= 11 is 0. The van der Waals surface area contributed by atoms with Gasteiger partial charge in [-0.3, -0.25) is 4.90 Å². The molecule has 0 saturated carbocycles. The first-order chi connectivity index (χ1) is 11.9. The molecule has 0 aliphatic carbocycles. The van der Waals surface area contributed by atoms with E-state index in [2.05, 4.69) is 47.4 Å². The number of hydrogen-bond donors (Lipinski definition) is 0. The monoisotopic (exact) mass is 323 g/mol. The van der Waals surface area contributed by atoms with E-state index < -0.39 is 0 Å². The summed E-state index contributed by atoms with van der Waals surface area (Å²) in [7, 11) is 0. The van der Waals surface area contributed by atoms with Crippen LogP contribution in [-0.2, 0) is 27.4 Å². The van der Waals surface area contributed by atoms with E-state index in [1.54, 1.807) is 0 Å². The number of rotatable bonds is 5. The van der Waals surface area contributed by atoms with Crippen molar-refractivity contribution in [3.05, 3.63) is 71.8 Å². The summed E-state index contributed by atoms with van der Waals surface area (Å²) in [6, 6.07) is 21.6. The maximum atomic E-state index is 6.27. The lowest BCUT2D eigenvalue weighted by molar-refractivity contribution is -0.121. The van der Waals surface area contributed by atoms with Gasteiger partial charge in [-0.2, -0.15) is 0 Å². The van der Waals surface area contributed by atoms with Crippen molar-refractivity contribution in [3.8, 4) is 0 Å². The summed E-state index contributed by atoms with van der Waals surface area (Å²) in [4.78, 5) is 2.45. The van der Waals surface area contributed by atoms with Gasteiger partial charge in [0.25, 0.3) is 0 Å². The van der Waals surface area contributed by atoms with Crippen molar-refractivity contribution in [2.24, 2.45) is 0 Å². The van der Waals surface area contributed by atoms with E-state index >= 15 is 0 Å². The summed E-state index contributed by atoms with van der Waals surface area (Å²) in [6.45, 7) is 2.20. The minimum absolute atomic E-state index is 0.0562. The van der Waals surface area contributed by atoms with Gasteiger partial charge in [0, 0.05) is 6.54 Å². The summed E-state index contributed by atoms with van der Waals surface area (Å²) in [5.41, 5.74) is 2.52. The molecule has 3 heterocycles. The van der Waals surface area contributed by atoms with Crippen molar-refractivity contribution >= 4 is 0 Å². The lowest BCUT2D eigenvalue weighted by Gasteiger charge is -2.25. The Morgan fingerprint density at radius 1 is 0.917 bits per heavy atom. The lowest BCUT2D eigenvalue weighted by Crippen LogP contribution is -2.41. The summed E-state index contributed by atoms with van der Waals surface area (Å²) < 4.78 is 18.1. The van der Waals surface area contributed by atoms with Gasteiger partial charge in [-0.15, -0.1) is 0 Å². The first kappa shape index (κ1) is 14.6. The molecule has 4 heteroatoms. The second-order valence-electron chi connectivity index (χ2n) is 6.78. The third-order valence-corrected chi connectivity index (χ3v) is 5.23. The van der Waals surface area contributed by atoms with Gasteiger partial charge in [0.1, 0.15) is 12.2 Å². The smallest absolute Gasteiger partial charge is 0.175 e. The van der Waals surface area contributed by atoms with Crippen molar-refractivity contribution in [1.29, 1.82) is 0 Å². The molecule has 3 aliphatic rings. The minimum atomic E-state index is -0.0831. The van der Waals surface area contributed by atoms with Crippen LogP contribution in [0.1, 0.15) is 11.1 Å². The molecule has 4 nitrogen and oxygen atoms in total. The Balaban J connectivity index is 1.30. The van der Waals surface area contributed by atoms with E-state index in [-0.39, 0.29) is 18.5 Å². The van der Waals surface area contributed by atoms with Crippen molar-refractivity contribution in [3.63, 3.8) is 0 Å². The van der Waals surface area contributed by atoms with E-state index in [0.29, 0.717) is 25.3 Å². The molecule has 0 N–H and O–H groups in total. The van der Waals surface area contributed by atoms with Gasteiger partial charge >= 0.3 is 0 Å². The lowest BCUT2D eigenvalue weighted by atomic mass is 10.1.